The topological polar surface area (TPSA) is 163 Å². The van der Waals surface area contributed by atoms with Crippen molar-refractivity contribution in [1.82, 2.24) is 9.55 Å². The Kier molecular flexibility index (Phi) is 6.22. The number of hydrogen-bond donors (Lipinski definition) is 3. The molecule has 184 valence electrons. The molecule has 13 heteroatoms. The van der Waals surface area contributed by atoms with Crippen molar-refractivity contribution in [3.8, 4) is 0 Å². The zero-order valence-corrected chi connectivity index (χ0v) is 21.4. The highest BCUT2D eigenvalue weighted by atomic mass is 32.2. The van der Waals surface area contributed by atoms with Crippen molar-refractivity contribution in [3.63, 3.8) is 0 Å². The first-order chi connectivity index (χ1) is 15.0. The summed E-state index contributed by atoms with van der Waals surface area (Å²) in [5.41, 5.74) is 3.02. The molecule has 1 spiro atoms. The summed E-state index contributed by atoms with van der Waals surface area (Å²) < 4.78 is 44.9. The van der Waals surface area contributed by atoms with E-state index in [-0.39, 0.29) is 21.2 Å². The minimum atomic E-state index is -4.34. The summed E-state index contributed by atoms with van der Waals surface area (Å²) in [7, 11) is -7.00. The van der Waals surface area contributed by atoms with Crippen LogP contribution < -0.4 is 17.0 Å². The van der Waals surface area contributed by atoms with Gasteiger partial charge in [-0.1, -0.05) is 27.4 Å². The summed E-state index contributed by atoms with van der Waals surface area (Å²) >= 11 is 0. The molecule has 1 unspecified atom stereocenters. The number of aryl methyl sites for hydroxylation is 1. The molecule has 0 aromatic carbocycles. The lowest BCUT2D eigenvalue weighted by Gasteiger charge is -2.43. The molecular weight excluding hydrogens is 470 g/mol. The Labute approximate surface area is 193 Å². The van der Waals surface area contributed by atoms with Crippen LogP contribution in [-0.4, -0.2) is 55.8 Å². The molecule has 3 rings (SSSR count). The predicted octanol–water partition coefficient (Wildman–Crippen LogP) is 0.580. The second-order valence-electron chi connectivity index (χ2n) is 9.79. The second kappa shape index (κ2) is 8.03. The molecule has 0 radical (unpaired) electrons. The van der Waals surface area contributed by atoms with Crippen LogP contribution in [0.2, 0.25) is 18.1 Å². The fraction of sp³-hybridized carbons (Fsp3) is 0.600. The average molecular weight is 502 g/mol. The molecule has 1 fully saturated rings. The van der Waals surface area contributed by atoms with Gasteiger partial charge in [-0.3, -0.25) is 14.3 Å². The minimum absolute atomic E-state index is 0.223. The maximum absolute atomic E-state index is 12.8. The van der Waals surface area contributed by atoms with Crippen LogP contribution in [0.5, 0.6) is 0 Å². The lowest BCUT2D eigenvalue weighted by molar-refractivity contribution is -0.0588. The molecule has 0 saturated carbocycles. The Morgan fingerprint density at radius 1 is 1.39 bits per heavy atom. The number of rotatable bonds is 5. The standard InChI is InChI=1S/C20H31N3O8SSi/c1-8-12-14(21)20(31-32(12,27)28)13(10-24)29-17(15(20)30-33(6,7)19(3,4)5)23-9-11(2)16(25)22-18(23)26/h8-9,13,15,17,24H,1,10,21H2,2-7H3,(H,22,25,26)/t13-,15+,17-,20?/m1/s1. The largest absolute Gasteiger partial charge is 0.406 e. The number of aromatic nitrogens is 2. The van der Waals surface area contributed by atoms with E-state index in [9.17, 15) is 23.1 Å². The highest BCUT2D eigenvalue weighted by Gasteiger charge is 2.68. The lowest BCUT2D eigenvalue weighted by atomic mass is 9.88. The monoisotopic (exact) mass is 501 g/mol. The van der Waals surface area contributed by atoms with E-state index in [2.05, 4.69) is 11.6 Å². The van der Waals surface area contributed by atoms with Crippen molar-refractivity contribution in [1.29, 1.82) is 0 Å². The van der Waals surface area contributed by atoms with E-state index in [1.54, 1.807) is 0 Å². The predicted molar refractivity (Wildman–Crippen MR) is 123 cm³/mol. The molecule has 2 aliphatic rings. The van der Waals surface area contributed by atoms with Gasteiger partial charge in [0.15, 0.2) is 20.1 Å². The number of nitrogens with one attached hydrogen (secondary N) is 1. The highest BCUT2D eigenvalue weighted by molar-refractivity contribution is 7.91. The third-order valence-corrected chi connectivity index (χ3v) is 12.5. The van der Waals surface area contributed by atoms with Gasteiger partial charge < -0.3 is 20.0 Å². The number of ether oxygens (including phenoxy) is 1. The van der Waals surface area contributed by atoms with Crippen LogP contribution in [0.15, 0.2) is 39.0 Å². The van der Waals surface area contributed by atoms with Crippen LogP contribution in [0.1, 0.15) is 32.6 Å². The molecule has 3 heterocycles. The molecule has 11 nitrogen and oxygen atoms in total. The highest BCUT2D eigenvalue weighted by Crippen LogP contribution is 2.52. The van der Waals surface area contributed by atoms with Gasteiger partial charge in [0.25, 0.3) is 15.7 Å². The molecule has 4 N–H and O–H groups in total. The Balaban J connectivity index is 2.32. The molecule has 0 amide bonds. The molecule has 33 heavy (non-hydrogen) atoms. The molecule has 1 aromatic heterocycles. The number of nitrogens with two attached hydrogens (primary N) is 1. The molecule has 0 bridgehead atoms. The third kappa shape index (κ3) is 3.86. The summed E-state index contributed by atoms with van der Waals surface area (Å²) in [4.78, 5) is 26.5. The van der Waals surface area contributed by atoms with E-state index in [4.69, 9.17) is 19.1 Å². The lowest BCUT2D eigenvalue weighted by Crippen LogP contribution is -2.58. The number of H-pyrrole nitrogens is 1. The maximum atomic E-state index is 12.8. The van der Waals surface area contributed by atoms with Crippen LogP contribution >= 0.6 is 0 Å². The van der Waals surface area contributed by atoms with Crippen LogP contribution in [-0.2, 0) is 23.5 Å². The summed E-state index contributed by atoms with van der Waals surface area (Å²) in [6, 6.07) is 0. The summed E-state index contributed by atoms with van der Waals surface area (Å²) in [5, 5.41) is 9.83. The fourth-order valence-electron chi connectivity index (χ4n) is 3.78. The summed E-state index contributed by atoms with van der Waals surface area (Å²) in [6.07, 6.45) is -1.44. The van der Waals surface area contributed by atoms with Gasteiger partial charge in [0.05, 0.1) is 12.3 Å². The Hall–Kier alpha value is -2.03. The van der Waals surface area contributed by atoms with Gasteiger partial charge in [-0.05, 0) is 31.1 Å². The number of aliphatic hydroxyl groups is 1. The first-order valence-electron chi connectivity index (χ1n) is 10.4. The van der Waals surface area contributed by atoms with Crippen LogP contribution in [0, 0.1) is 6.92 Å². The van der Waals surface area contributed by atoms with Crippen LogP contribution in [0.25, 0.3) is 0 Å². The summed E-state index contributed by atoms with van der Waals surface area (Å²) in [5.74, 6) is 0. The Morgan fingerprint density at radius 2 is 2.00 bits per heavy atom. The maximum Gasteiger partial charge on any atom is 0.330 e. The third-order valence-electron chi connectivity index (χ3n) is 6.67. The smallest absolute Gasteiger partial charge is 0.330 e. The fourth-order valence-corrected chi connectivity index (χ4v) is 6.44. The van der Waals surface area contributed by atoms with Crippen molar-refractivity contribution < 1.29 is 26.9 Å². The van der Waals surface area contributed by atoms with Gasteiger partial charge in [0.1, 0.15) is 17.1 Å². The van der Waals surface area contributed by atoms with Crippen molar-refractivity contribution in [3.05, 3.63) is 55.9 Å². The quantitative estimate of drug-likeness (QED) is 0.387. The number of nitrogens with zero attached hydrogens (tertiary/aromatic N) is 1. The first-order valence-corrected chi connectivity index (χ1v) is 14.7. The first kappa shape index (κ1) is 25.6. The van der Waals surface area contributed by atoms with Gasteiger partial charge >= 0.3 is 5.69 Å². The molecule has 4 atom stereocenters. The number of allylic oxidation sites excluding steroid dienone is 1. The normalized spacial score (nSPS) is 29.7. The second-order valence-corrected chi connectivity index (χ2v) is 16.1. The SMILES string of the molecule is C=CC1=C(N)C2(OS1(=O)=O)[C@@H](CO)O[C@@H](n1cc(C)c(=O)[nH]c1=O)[C@@H]2O[Si](C)(C)C(C)(C)C. The van der Waals surface area contributed by atoms with Gasteiger partial charge in [-0.2, -0.15) is 8.42 Å². The van der Waals surface area contributed by atoms with Gasteiger partial charge in [0, 0.05) is 11.8 Å². The zero-order valence-electron chi connectivity index (χ0n) is 19.5. The van der Waals surface area contributed by atoms with E-state index in [1.165, 1.54) is 13.1 Å². The van der Waals surface area contributed by atoms with Crippen molar-refractivity contribution in [2.75, 3.05) is 6.61 Å². The Bertz CT molecular complexity index is 1230. The van der Waals surface area contributed by atoms with E-state index < -0.39 is 60.3 Å². The van der Waals surface area contributed by atoms with E-state index in [1.807, 2.05) is 33.9 Å². The zero-order chi connectivity index (χ0) is 25.1. The number of hydrogen-bond acceptors (Lipinski definition) is 9. The van der Waals surface area contributed by atoms with Gasteiger partial charge in [0.2, 0.25) is 0 Å². The van der Waals surface area contributed by atoms with Gasteiger partial charge in [-0.25, -0.2) is 8.98 Å². The van der Waals surface area contributed by atoms with E-state index >= 15 is 0 Å². The molecule has 1 saturated heterocycles. The van der Waals surface area contributed by atoms with Crippen LogP contribution in [0.3, 0.4) is 0 Å². The summed E-state index contributed by atoms with van der Waals surface area (Å²) in [6.45, 7) is 14.2. The minimum Gasteiger partial charge on any atom is -0.406 e. The van der Waals surface area contributed by atoms with Crippen molar-refractivity contribution in [2.24, 2.45) is 5.73 Å². The van der Waals surface area contributed by atoms with E-state index in [0.717, 1.165) is 10.6 Å². The van der Waals surface area contributed by atoms with Crippen LogP contribution in [0.4, 0.5) is 0 Å². The molecule has 0 aliphatic carbocycles. The average Bonchev–Trinajstić information content (AvgIpc) is 3.08. The Morgan fingerprint density at radius 3 is 2.48 bits per heavy atom. The molecular formula is C20H31N3O8SSi. The molecule has 2 aliphatic heterocycles. The van der Waals surface area contributed by atoms with Gasteiger partial charge in [-0.15, -0.1) is 0 Å². The van der Waals surface area contributed by atoms with E-state index in [0.29, 0.717) is 0 Å². The number of aromatic amines is 1. The van der Waals surface area contributed by atoms with Crippen molar-refractivity contribution in [2.45, 2.75) is 69.9 Å². The number of aliphatic hydroxyl groups excluding tert-OH is 1. The molecule has 1 aromatic rings. The van der Waals surface area contributed by atoms with Crippen molar-refractivity contribution >= 4 is 18.4 Å².